The maximum Gasteiger partial charge on any atom is 0.324 e. The lowest BCUT2D eigenvalue weighted by atomic mass is 10.1. The average Bonchev–Trinajstić information content (AvgIpc) is 3.06. The zero-order valence-electron chi connectivity index (χ0n) is 15.2. The predicted octanol–water partition coefficient (Wildman–Crippen LogP) is 3.72. The van der Waals surface area contributed by atoms with Gasteiger partial charge in [0.2, 0.25) is 5.88 Å². The third kappa shape index (κ3) is 4.98. The monoisotopic (exact) mass is 384 g/mol. The number of urea groups is 1. The Morgan fingerprint density at radius 1 is 1.22 bits per heavy atom. The highest BCUT2D eigenvalue weighted by atomic mass is 32.2. The van der Waals surface area contributed by atoms with E-state index in [1.54, 1.807) is 36.3 Å². The molecule has 140 valence electrons. The fourth-order valence-electron chi connectivity index (χ4n) is 2.35. The molecule has 9 heteroatoms. The van der Waals surface area contributed by atoms with Crippen molar-refractivity contribution in [3.05, 3.63) is 54.4 Å². The minimum absolute atomic E-state index is 0.151. The number of nitrogens with zero attached hydrogens (tertiary/aromatic N) is 4. The molecular weight excluding hydrogens is 364 g/mol. The third-order valence-corrected chi connectivity index (χ3v) is 4.95. The summed E-state index contributed by atoms with van der Waals surface area (Å²) in [5.74, 6) is 0.846. The Labute approximate surface area is 161 Å². The highest BCUT2D eigenvalue weighted by molar-refractivity contribution is 7.99. The lowest BCUT2D eigenvalue weighted by Gasteiger charge is -2.13. The number of hydrogen-bond donors (Lipinski definition) is 2. The van der Waals surface area contributed by atoms with Crippen LogP contribution in [0.3, 0.4) is 0 Å². The molecule has 0 unspecified atom stereocenters. The van der Waals surface area contributed by atoms with Crippen LogP contribution in [0.4, 0.5) is 16.3 Å². The molecule has 2 amide bonds. The van der Waals surface area contributed by atoms with E-state index >= 15 is 0 Å². The summed E-state index contributed by atoms with van der Waals surface area (Å²) in [6.07, 6.45) is 1.67. The number of carbonyl (C=O) groups excluding carboxylic acids is 1. The summed E-state index contributed by atoms with van der Waals surface area (Å²) in [7, 11) is 3.43. The number of aromatic nitrogens is 4. The summed E-state index contributed by atoms with van der Waals surface area (Å²) in [4.78, 5) is 16.4. The van der Waals surface area contributed by atoms with Gasteiger partial charge in [0, 0.05) is 24.1 Å². The van der Waals surface area contributed by atoms with E-state index in [-0.39, 0.29) is 11.3 Å². The fourth-order valence-corrected chi connectivity index (χ4v) is 3.26. The summed E-state index contributed by atoms with van der Waals surface area (Å²) in [6.45, 7) is 2.08. The van der Waals surface area contributed by atoms with Crippen LogP contribution in [0.15, 0.2) is 53.9 Å². The van der Waals surface area contributed by atoms with Gasteiger partial charge in [0.1, 0.15) is 12.1 Å². The second kappa shape index (κ2) is 8.54. The van der Waals surface area contributed by atoms with Crippen LogP contribution in [0.5, 0.6) is 5.88 Å². The van der Waals surface area contributed by atoms with Gasteiger partial charge in [0.15, 0.2) is 5.16 Å². The van der Waals surface area contributed by atoms with Crippen LogP contribution in [-0.4, -0.2) is 32.9 Å². The predicted molar refractivity (Wildman–Crippen MR) is 105 cm³/mol. The molecule has 3 aromatic rings. The number of rotatable bonds is 6. The van der Waals surface area contributed by atoms with Crippen LogP contribution in [0.25, 0.3) is 0 Å². The molecule has 27 heavy (non-hydrogen) atoms. The Balaban J connectivity index is 1.64. The molecule has 8 nitrogen and oxygen atoms in total. The van der Waals surface area contributed by atoms with Gasteiger partial charge in [-0.1, -0.05) is 30.0 Å². The first-order valence-corrected chi connectivity index (χ1v) is 9.13. The van der Waals surface area contributed by atoms with Crippen molar-refractivity contribution in [3.8, 4) is 5.88 Å². The van der Waals surface area contributed by atoms with Crippen LogP contribution < -0.4 is 15.4 Å². The highest BCUT2D eigenvalue weighted by Crippen LogP contribution is 2.34. The standard InChI is InChI=1S/C18H20N6O2S/c1-12(27-18-23-19-11-24(18)2)13-6-4-7-14(10-13)20-17(25)22-15-8-5-9-16(21-15)26-3/h4-12H,1-3H3,(H2,20,21,22,25)/t12-/m0/s1. The number of benzene rings is 1. The second-order valence-corrected chi connectivity index (χ2v) is 7.06. The molecule has 0 radical (unpaired) electrons. The van der Waals surface area contributed by atoms with E-state index in [2.05, 4.69) is 32.7 Å². The summed E-state index contributed by atoms with van der Waals surface area (Å²) in [5.41, 5.74) is 1.76. The van der Waals surface area contributed by atoms with E-state index in [1.807, 2.05) is 35.9 Å². The molecule has 1 aromatic carbocycles. The fraction of sp³-hybridized carbons (Fsp3) is 0.222. The van der Waals surface area contributed by atoms with Crippen molar-refractivity contribution < 1.29 is 9.53 Å². The normalized spacial score (nSPS) is 11.7. The average molecular weight is 384 g/mol. The van der Waals surface area contributed by atoms with E-state index < -0.39 is 0 Å². The smallest absolute Gasteiger partial charge is 0.324 e. The first-order valence-electron chi connectivity index (χ1n) is 8.25. The number of anilines is 2. The molecule has 2 aromatic heterocycles. The number of nitrogens with one attached hydrogen (secondary N) is 2. The summed E-state index contributed by atoms with van der Waals surface area (Å²) < 4.78 is 6.92. The van der Waals surface area contributed by atoms with Gasteiger partial charge in [-0.15, -0.1) is 10.2 Å². The van der Waals surface area contributed by atoms with Crippen molar-refractivity contribution in [3.63, 3.8) is 0 Å². The molecule has 0 bridgehead atoms. The first-order chi connectivity index (χ1) is 13.0. The molecule has 0 spiro atoms. The van der Waals surface area contributed by atoms with Crippen LogP contribution in [0.1, 0.15) is 17.7 Å². The first kappa shape index (κ1) is 18.7. The van der Waals surface area contributed by atoms with Crippen molar-refractivity contribution >= 4 is 29.3 Å². The maximum atomic E-state index is 12.2. The number of hydrogen-bond acceptors (Lipinski definition) is 6. The molecular formula is C18H20N6O2S. The SMILES string of the molecule is COc1cccc(NC(=O)Nc2cccc([C@H](C)Sc3nncn3C)c2)n1. The molecule has 0 aliphatic carbocycles. The van der Waals surface area contributed by atoms with Crippen molar-refractivity contribution in [1.82, 2.24) is 19.7 Å². The molecule has 2 heterocycles. The molecule has 3 rings (SSSR count). The number of aryl methyl sites for hydroxylation is 1. The van der Waals surface area contributed by atoms with E-state index in [0.717, 1.165) is 10.7 Å². The zero-order chi connectivity index (χ0) is 19.2. The van der Waals surface area contributed by atoms with Gasteiger partial charge < -0.3 is 14.6 Å². The van der Waals surface area contributed by atoms with Gasteiger partial charge in [0.25, 0.3) is 0 Å². The van der Waals surface area contributed by atoms with Crippen LogP contribution in [0.2, 0.25) is 0 Å². The van der Waals surface area contributed by atoms with Crippen molar-refractivity contribution in [2.75, 3.05) is 17.7 Å². The number of amides is 2. The number of ether oxygens (including phenoxy) is 1. The topological polar surface area (TPSA) is 94.0 Å². The second-order valence-electron chi connectivity index (χ2n) is 5.75. The number of methoxy groups -OCH3 is 1. The number of pyridine rings is 1. The van der Waals surface area contributed by atoms with Gasteiger partial charge in [-0.05, 0) is 30.7 Å². The van der Waals surface area contributed by atoms with E-state index in [1.165, 1.54) is 7.11 Å². The highest BCUT2D eigenvalue weighted by Gasteiger charge is 2.12. The van der Waals surface area contributed by atoms with E-state index in [0.29, 0.717) is 17.4 Å². The molecule has 2 N–H and O–H groups in total. The minimum Gasteiger partial charge on any atom is -0.481 e. The van der Waals surface area contributed by atoms with E-state index in [4.69, 9.17) is 4.74 Å². The molecule has 0 fully saturated rings. The maximum absolute atomic E-state index is 12.2. The Hall–Kier alpha value is -3.07. The summed E-state index contributed by atoms with van der Waals surface area (Å²) >= 11 is 1.60. The van der Waals surface area contributed by atoms with Crippen molar-refractivity contribution in [2.24, 2.45) is 7.05 Å². The number of thioether (sulfide) groups is 1. The van der Waals surface area contributed by atoms with E-state index in [9.17, 15) is 4.79 Å². The summed E-state index contributed by atoms with van der Waals surface area (Å²) in [5, 5.41) is 14.5. The van der Waals surface area contributed by atoms with Gasteiger partial charge in [0.05, 0.1) is 7.11 Å². The Morgan fingerprint density at radius 2 is 2.04 bits per heavy atom. The van der Waals surface area contributed by atoms with Crippen molar-refractivity contribution in [2.45, 2.75) is 17.3 Å². The zero-order valence-corrected chi connectivity index (χ0v) is 16.0. The van der Waals surface area contributed by atoms with Crippen LogP contribution in [0, 0.1) is 0 Å². The minimum atomic E-state index is -0.374. The Morgan fingerprint density at radius 3 is 2.78 bits per heavy atom. The van der Waals surface area contributed by atoms with Gasteiger partial charge in [-0.2, -0.15) is 4.98 Å². The summed E-state index contributed by atoms with van der Waals surface area (Å²) in [6, 6.07) is 12.5. The largest absolute Gasteiger partial charge is 0.481 e. The number of carbonyl (C=O) groups is 1. The Kier molecular flexibility index (Phi) is 5.92. The van der Waals surface area contributed by atoms with Gasteiger partial charge in [-0.3, -0.25) is 5.32 Å². The lowest BCUT2D eigenvalue weighted by Crippen LogP contribution is -2.20. The molecule has 0 aliphatic heterocycles. The Bertz CT molecular complexity index is 929. The van der Waals surface area contributed by atoms with Crippen LogP contribution >= 0.6 is 11.8 Å². The molecule has 0 aliphatic rings. The van der Waals surface area contributed by atoms with Gasteiger partial charge in [-0.25, -0.2) is 4.79 Å². The van der Waals surface area contributed by atoms with Crippen LogP contribution in [-0.2, 0) is 7.05 Å². The quantitative estimate of drug-likeness (QED) is 0.629. The van der Waals surface area contributed by atoms with Gasteiger partial charge >= 0.3 is 6.03 Å². The molecule has 1 atom stereocenters. The third-order valence-electron chi connectivity index (χ3n) is 3.74. The molecule has 0 saturated carbocycles. The lowest BCUT2D eigenvalue weighted by molar-refractivity contribution is 0.262. The van der Waals surface area contributed by atoms with Crippen molar-refractivity contribution in [1.29, 1.82) is 0 Å². The molecule has 0 saturated heterocycles.